The Hall–Kier alpha value is -1.20. The lowest BCUT2D eigenvalue weighted by molar-refractivity contribution is -0.113. The number of hydrogen-bond acceptors (Lipinski definition) is 3. The molecule has 0 saturated carbocycles. The van der Waals surface area contributed by atoms with Gasteiger partial charge in [0.05, 0.1) is 17.0 Å². The minimum absolute atomic E-state index is 0.0299. The summed E-state index contributed by atoms with van der Waals surface area (Å²) in [6, 6.07) is 4.28. The van der Waals surface area contributed by atoms with Crippen molar-refractivity contribution in [2.45, 2.75) is 19.1 Å². The van der Waals surface area contributed by atoms with Gasteiger partial charge in [-0.3, -0.25) is 4.79 Å². The fourth-order valence-electron chi connectivity index (χ4n) is 1.24. The average Bonchev–Trinajstić information content (AvgIpc) is 2.26. The van der Waals surface area contributed by atoms with Gasteiger partial charge in [0.2, 0.25) is 5.91 Å². The van der Waals surface area contributed by atoms with E-state index in [1.54, 1.807) is 0 Å². The highest BCUT2D eigenvalue weighted by Crippen LogP contribution is 2.21. The van der Waals surface area contributed by atoms with Crippen molar-refractivity contribution in [3.63, 3.8) is 0 Å². The molecule has 1 amide bonds. The number of rotatable bonds is 5. The molecular weight excluding hydrogens is 274 g/mol. The van der Waals surface area contributed by atoms with Crippen LogP contribution in [0.5, 0.6) is 0 Å². The number of carboxylic acid groups (broad SMARTS) is 1. The molecule has 1 aromatic rings. The number of carbonyl (C=O) groups excluding carboxylic acids is 1. The maximum Gasteiger partial charge on any atom is 0.337 e. The van der Waals surface area contributed by atoms with Crippen molar-refractivity contribution in [2.24, 2.45) is 0 Å². The molecule has 0 bridgehead atoms. The quantitative estimate of drug-likeness (QED) is 0.873. The van der Waals surface area contributed by atoms with Crippen LogP contribution in [0.4, 0.5) is 5.69 Å². The third kappa shape index (κ3) is 4.58. The molecule has 0 heterocycles. The molecule has 4 nitrogen and oxygen atoms in total. The van der Waals surface area contributed by atoms with E-state index in [1.165, 1.54) is 30.0 Å². The average molecular weight is 288 g/mol. The van der Waals surface area contributed by atoms with Crippen molar-refractivity contribution in [1.29, 1.82) is 0 Å². The molecule has 1 rings (SSSR count). The smallest absolute Gasteiger partial charge is 0.337 e. The molecule has 0 aliphatic heterocycles. The van der Waals surface area contributed by atoms with E-state index in [-0.39, 0.29) is 22.9 Å². The highest BCUT2D eigenvalue weighted by atomic mass is 35.5. The van der Waals surface area contributed by atoms with Gasteiger partial charge in [-0.1, -0.05) is 25.4 Å². The van der Waals surface area contributed by atoms with Gasteiger partial charge in [-0.05, 0) is 23.4 Å². The van der Waals surface area contributed by atoms with Crippen LogP contribution in [0.15, 0.2) is 18.2 Å². The third-order valence-electron chi connectivity index (χ3n) is 2.03. The van der Waals surface area contributed by atoms with E-state index in [1.807, 2.05) is 13.8 Å². The highest BCUT2D eigenvalue weighted by Gasteiger charge is 2.13. The van der Waals surface area contributed by atoms with Gasteiger partial charge in [0.25, 0.3) is 0 Å². The van der Waals surface area contributed by atoms with Crippen molar-refractivity contribution in [3.8, 4) is 0 Å². The van der Waals surface area contributed by atoms with Gasteiger partial charge in [-0.25, -0.2) is 4.79 Å². The van der Waals surface area contributed by atoms with Gasteiger partial charge >= 0.3 is 5.97 Å². The summed E-state index contributed by atoms with van der Waals surface area (Å²) in [5.74, 6) is -1.06. The van der Waals surface area contributed by atoms with Crippen LogP contribution >= 0.6 is 23.4 Å². The monoisotopic (exact) mass is 287 g/mol. The Kier molecular flexibility index (Phi) is 5.50. The fourth-order valence-corrected chi connectivity index (χ4v) is 1.96. The van der Waals surface area contributed by atoms with E-state index in [0.29, 0.717) is 10.3 Å². The number of benzene rings is 1. The summed E-state index contributed by atoms with van der Waals surface area (Å²) in [6.45, 7) is 3.97. The van der Waals surface area contributed by atoms with E-state index in [4.69, 9.17) is 16.7 Å². The molecule has 0 aliphatic carbocycles. The molecule has 1 aromatic carbocycles. The number of thioether (sulfide) groups is 1. The zero-order valence-corrected chi connectivity index (χ0v) is 11.6. The number of anilines is 1. The summed E-state index contributed by atoms with van der Waals surface area (Å²) < 4.78 is 0. The number of hydrogen-bond donors (Lipinski definition) is 2. The predicted octanol–water partition coefficient (Wildman–Crippen LogP) is 3.12. The number of carbonyl (C=O) groups is 2. The van der Waals surface area contributed by atoms with Crippen LogP contribution in [0.2, 0.25) is 5.02 Å². The van der Waals surface area contributed by atoms with Crippen LogP contribution in [-0.4, -0.2) is 28.0 Å². The van der Waals surface area contributed by atoms with Crippen LogP contribution in [0.3, 0.4) is 0 Å². The second-order valence-corrected chi connectivity index (χ2v) is 5.90. The molecular formula is C12H14ClNO3S. The second kappa shape index (κ2) is 6.66. The summed E-state index contributed by atoms with van der Waals surface area (Å²) in [7, 11) is 0. The lowest BCUT2D eigenvalue weighted by Gasteiger charge is -2.09. The maximum absolute atomic E-state index is 11.6. The Labute approximate surface area is 115 Å². The van der Waals surface area contributed by atoms with Crippen molar-refractivity contribution in [3.05, 3.63) is 28.8 Å². The van der Waals surface area contributed by atoms with Crippen LogP contribution < -0.4 is 5.32 Å². The number of amides is 1. The zero-order chi connectivity index (χ0) is 13.7. The number of nitrogens with one attached hydrogen (secondary N) is 1. The number of halogens is 1. The van der Waals surface area contributed by atoms with Crippen molar-refractivity contribution >= 4 is 40.9 Å². The maximum atomic E-state index is 11.6. The molecule has 0 aromatic heterocycles. The lowest BCUT2D eigenvalue weighted by atomic mass is 10.2. The summed E-state index contributed by atoms with van der Waals surface area (Å²) >= 11 is 7.27. The van der Waals surface area contributed by atoms with Crippen molar-refractivity contribution in [1.82, 2.24) is 0 Å². The molecule has 0 spiro atoms. The summed E-state index contributed by atoms with van der Waals surface area (Å²) in [5, 5.41) is 12.3. The first-order valence-corrected chi connectivity index (χ1v) is 6.77. The second-order valence-electron chi connectivity index (χ2n) is 3.90. The van der Waals surface area contributed by atoms with Gasteiger partial charge in [-0.15, -0.1) is 11.8 Å². The Morgan fingerprint density at radius 2 is 2.11 bits per heavy atom. The van der Waals surface area contributed by atoms with Gasteiger partial charge in [-0.2, -0.15) is 0 Å². The minimum atomic E-state index is -1.10. The SMILES string of the molecule is CC(C)SCC(=O)Nc1cc(Cl)ccc1C(=O)O. The van der Waals surface area contributed by atoms with Crippen molar-refractivity contribution in [2.75, 3.05) is 11.1 Å². The van der Waals surface area contributed by atoms with E-state index in [9.17, 15) is 9.59 Å². The first kappa shape index (κ1) is 14.9. The minimum Gasteiger partial charge on any atom is -0.478 e. The molecule has 2 N–H and O–H groups in total. The van der Waals surface area contributed by atoms with E-state index in [2.05, 4.69) is 5.32 Å². The van der Waals surface area contributed by atoms with E-state index >= 15 is 0 Å². The lowest BCUT2D eigenvalue weighted by Crippen LogP contribution is -2.17. The van der Waals surface area contributed by atoms with Crippen molar-refractivity contribution < 1.29 is 14.7 Å². The molecule has 0 radical (unpaired) electrons. The largest absolute Gasteiger partial charge is 0.478 e. The standard InChI is InChI=1S/C12H14ClNO3S/c1-7(2)18-6-11(15)14-10-5-8(13)3-4-9(10)12(16)17/h3-5,7H,6H2,1-2H3,(H,14,15)(H,16,17). The van der Waals surface area contributed by atoms with Crippen LogP contribution in [-0.2, 0) is 4.79 Å². The summed E-state index contributed by atoms with van der Waals surface area (Å²) in [4.78, 5) is 22.6. The fraction of sp³-hybridized carbons (Fsp3) is 0.333. The molecule has 6 heteroatoms. The highest BCUT2D eigenvalue weighted by molar-refractivity contribution is 8.00. The zero-order valence-electron chi connectivity index (χ0n) is 10.1. The molecule has 0 saturated heterocycles. The molecule has 98 valence electrons. The Morgan fingerprint density at radius 1 is 1.44 bits per heavy atom. The topological polar surface area (TPSA) is 66.4 Å². The molecule has 0 fully saturated rings. The first-order chi connectivity index (χ1) is 8.40. The van der Waals surface area contributed by atoms with Gasteiger partial charge in [0.15, 0.2) is 0 Å². The summed E-state index contributed by atoms with van der Waals surface area (Å²) in [5.41, 5.74) is 0.256. The van der Waals surface area contributed by atoms with Crippen LogP contribution in [0, 0.1) is 0 Å². The Balaban J connectivity index is 2.79. The Morgan fingerprint density at radius 3 is 2.67 bits per heavy atom. The first-order valence-electron chi connectivity index (χ1n) is 5.34. The van der Waals surface area contributed by atoms with Crippen LogP contribution in [0.1, 0.15) is 24.2 Å². The number of carboxylic acids is 1. The normalized spacial score (nSPS) is 10.4. The molecule has 0 unspecified atom stereocenters. The van der Waals surface area contributed by atoms with Gasteiger partial charge < -0.3 is 10.4 Å². The van der Waals surface area contributed by atoms with E-state index in [0.717, 1.165) is 0 Å². The molecule has 0 atom stereocenters. The van der Waals surface area contributed by atoms with E-state index < -0.39 is 5.97 Å². The molecule has 18 heavy (non-hydrogen) atoms. The van der Waals surface area contributed by atoms with Gasteiger partial charge in [0, 0.05) is 5.02 Å². The summed E-state index contributed by atoms with van der Waals surface area (Å²) in [6.07, 6.45) is 0. The van der Waals surface area contributed by atoms with Gasteiger partial charge in [0.1, 0.15) is 0 Å². The van der Waals surface area contributed by atoms with Crippen LogP contribution in [0.25, 0.3) is 0 Å². The predicted molar refractivity (Wildman–Crippen MR) is 74.6 cm³/mol. The number of aromatic carboxylic acids is 1. The third-order valence-corrected chi connectivity index (χ3v) is 3.36. The molecule has 0 aliphatic rings. The Bertz CT molecular complexity index is 463.